The summed E-state index contributed by atoms with van der Waals surface area (Å²) in [5.74, 6) is -0.193. The number of rotatable bonds is 6. The molecule has 0 aliphatic rings. The van der Waals surface area contributed by atoms with Crippen molar-refractivity contribution in [3.05, 3.63) is 93.4 Å². The van der Waals surface area contributed by atoms with Gasteiger partial charge in [0.2, 0.25) is 5.89 Å². The van der Waals surface area contributed by atoms with Crippen molar-refractivity contribution >= 4 is 34.5 Å². The Kier molecular flexibility index (Phi) is 6.65. The average Bonchev–Trinajstić information content (AvgIpc) is 3.50. The van der Waals surface area contributed by atoms with Crippen molar-refractivity contribution in [1.29, 1.82) is 5.26 Å². The van der Waals surface area contributed by atoms with E-state index in [1.165, 1.54) is 41.7 Å². The lowest BCUT2D eigenvalue weighted by molar-refractivity contribution is 0.437. The van der Waals surface area contributed by atoms with Gasteiger partial charge in [-0.05, 0) is 43.3 Å². The second kappa shape index (κ2) is 10.0. The van der Waals surface area contributed by atoms with Crippen molar-refractivity contribution in [2.75, 3.05) is 0 Å². The summed E-state index contributed by atoms with van der Waals surface area (Å²) < 4.78 is 26.8. The van der Waals surface area contributed by atoms with E-state index in [-0.39, 0.29) is 45.0 Å². The summed E-state index contributed by atoms with van der Waals surface area (Å²) in [6.45, 7) is 1.85. The Morgan fingerprint density at radius 3 is 2.81 bits per heavy atom. The molecule has 0 N–H and O–H groups in total. The van der Waals surface area contributed by atoms with Gasteiger partial charge in [0.05, 0.1) is 28.8 Å². The molecule has 36 heavy (non-hydrogen) atoms. The third kappa shape index (κ3) is 4.93. The molecule has 3 heterocycles. The fraction of sp³-hybridized carbons (Fsp3) is 0.0800. The molecule has 0 radical (unpaired) electrons. The van der Waals surface area contributed by atoms with Crippen molar-refractivity contribution in [2.24, 2.45) is 0 Å². The average molecular weight is 538 g/mol. The van der Waals surface area contributed by atoms with Gasteiger partial charge < -0.3 is 9.15 Å². The second-order valence-electron chi connectivity index (χ2n) is 7.59. The van der Waals surface area contributed by atoms with Crippen LogP contribution in [0.2, 0.25) is 10.0 Å². The molecule has 2 aromatic carbocycles. The van der Waals surface area contributed by atoms with Crippen molar-refractivity contribution in [3.8, 4) is 38.9 Å². The van der Waals surface area contributed by atoms with Gasteiger partial charge in [0.15, 0.2) is 11.6 Å². The number of aromatic nitrogens is 4. The fourth-order valence-electron chi connectivity index (χ4n) is 3.39. The zero-order valence-electron chi connectivity index (χ0n) is 18.5. The lowest BCUT2D eigenvalue weighted by Gasteiger charge is -2.11. The minimum absolute atomic E-state index is 0.0126. The first kappa shape index (κ1) is 23.9. The Morgan fingerprint density at radius 2 is 2.03 bits per heavy atom. The van der Waals surface area contributed by atoms with Crippen molar-refractivity contribution in [2.45, 2.75) is 13.3 Å². The predicted octanol–water partition coefficient (Wildman–Crippen LogP) is 7.26. The van der Waals surface area contributed by atoms with Crippen molar-refractivity contribution < 1.29 is 13.5 Å². The summed E-state index contributed by atoms with van der Waals surface area (Å²) in [5.41, 5.74) is 2.13. The third-order valence-corrected chi connectivity index (χ3v) is 6.77. The highest BCUT2D eigenvalue weighted by atomic mass is 35.5. The molecule has 0 unspecified atom stereocenters. The van der Waals surface area contributed by atoms with Gasteiger partial charge in [-0.3, -0.25) is 4.98 Å². The van der Waals surface area contributed by atoms with Gasteiger partial charge in [-0.25, -0.2) is 9.37 Å². The highest BCUT2D eigenvalue weighted by molar-refractivity contribution is 7.18. The molecule has 0 spiro atoms. The van der Waals surface area contributed by atoms with E-state index in [9.17, 15) is 0 Å². The summed E-state index contributed by atoms with van der Waals surface area (Å²) in [6.07, 6.45) is 3.44. The Morgan fingerprint density at radius 1 is 1.17 bits per heavy atom. The molecular weight excluding hydrogens is 524 g/mol. The van der Waals surface area contributed by atoms with E-state index in [1.54, 1.807) is 12.4 Å². The normalized spacial score (nSPS) is 10.9. The number of halogens is 3. The zero-order valence-corrected chi connectivity index (χ0v) is 20.8. The Balaban J connectivity index is 1.40. The van der Waals surface area contributed by atoms with E-state index in [2.05, 4.69) is 20.2 Å². The number of ether oxygens (including phenoxy) is 1. The van der Waals surface area contributed by atoms with Crippen molar-refractivity contribution in [3.63, 3.8) is 0 Å². The quantitative estimate of drug-likeness (QED) is 0.224. The smallest absolute Gasteiger partial charge is 0.259 e. The van der Waals surface area contributed by atoms with E-state index >= 15 is 4.39 Å². The number of benzene rings is 2. The van der Waals surface area contributed by atoms with E-state index in [0.29, 0.717) is 5.89 Å². The Labute approximate surface area is 218 Å². The number of nitriles is 1. The molecule has 178 valence electrons. The van der Waals surface area contributed by atoms with E-state index in [0.717, 1.165) is 21.1 Å². The third-order valence-electron chi connectivity index (χ3n) is 5.06. The Hall–Kier alpha value is -3.84. The van der Waals surface area contributed by atoms with Gasteiger partial charge in [0.25, 0.3) is 5.89 Å². The Bertz CT molecular complexity index is 1610. The molecule has 0 saturated heterocycles. The predicted molar refractivity (Wildman–Crippen MR) is 134 cm³/mol. The minimum Gasteiger partial charge on any atom is -0.453 e. The zero-order chi connectivity index (χ0) is 25.2. The molecule has 0 fully saturated rings. The van der Waals surface area contributed by atoms with Crippen LogP contribution in [0, 0.1) is 24.1 Å². The SMILES string of the molecule is Cc1nc(-c2cccnc2)sc1-c1nnc(Cc2ccc(Cl)c(Oc3cc(Cl)cc(C#N)c3)c2F)o1. The highest BCUT2D eigenvalue weighted by Gasteiger charge is 2.20. The molecule has 0 saturated carbocycles. The lowest BCUT2D eigenvalue weighted by Crippen LogP contribution is -1.98. The van der Waals surface area contributed by atoms with Gasteiger partial charge in [-0.15, -0.1) is 21.5 Å². The van der Waals surface area contributed by atoms with Crippen LogP contribution in [0.15, 0.2) is 59.3 Å². The van der Waals surface area contributed by atoms with Crippen LogP contribution >= 0.6 is 34.5 Å². The van der Waals surface area contributed by atoms with Gasteiger partial charge in [-0.2, -0.15) is 5.26 Å². The molecule has 0 atom stereocenters. The minimum atomic E-state index is -0.687. The first-order chi connectivity index (χ1) is 17.4. The maximum Gasteiger partial charge on any atom is 0.259 e. The molecule has 7 nitrogen and oxygen atoms in total. The van der Waals surface area contributed by atoms with Crippen LogP contribution in [0.5, 0.6) is 11.5 Å². The molecule has 0 aliphatic carbocycles. The second-order valence-corrected chi connectivity index (χ2v) is 9.43. The topological polar surface area (TPSA) is 97.7 Å². The molecule has 5 rings (SSSR count). The molecular formula is C25H14Cl2FN5O2S. The number of hydrogen-bond donors (Lipinski definition) is 0. The summed E-state index contributed by atoms with van der Waals surface area (Å²) in [5, 5.41) is 18.5. The van der Waals surface area contributed by atoms with Crippen LogP contribution in [0.4, 0.5) is 4.39 Å². The fourth-order valence-corrected chi connectivity index (χ4v) is 4.78. The van der Waals surface area contributed by atoms with Gasteiger partial charge in [0, 0.05) is 28.5 Å². The summed E-state index contributed by atoms with van der Waals surface area (Å²) in [4.78, 5) is 9.42. The van der Waals surface area contributed by atoms with E-state index in [1.807, 2.05) is 25.1 Å². The van der Waals surface area contributed by atoms with E-state index in [4.69, 9.17) is 37.6 Å². The number of aryl methyl sites for hydroxylation is 1. The number of thiazole rings is 1. The molecule has 3 aromatic heterocycles. The van der Waals surface area contributed by atoms with Crippen LogP contribution in [0.3, 0.4) is 0 Å². The van der Waals surface area contributed by atoms with Crippen LogP contribution < -0.4 is 4.74 Å². The molecule has 11 heteroatoms. The van der Waals surface area contributed by atoms with E-state index < -0.39 is 5.82 Å². The highest BCUT2D eigenvalue weighted by Crippen LogP contribution is 2.37. The van der Waals surface area contributed by atoms with Crippen LogP contribution in [0.1, 0.15) is 22.7 Å². The summed E-state index contributed by atoms with van der Waals surface area (Å²) >= 11 is 13.6. The largest absolute Gasteiger partial charge is 0.453 e. The molecule has 0 bridgehead atoms. The number of hydrogen-bond acceptors (Lipinski definition) is 8. The van der Waals surface area contributed by atoms with Crippen LogP contribution in [0.25, 0.3) is 21.3 Å². The summed E-state index contributed by atoms with van der Waals surface area (Å²) in [6, 6.07) is 13.1. The van der Waals surface area contributed by atoms with Crippen LogP contribution in [-0.2, 0) is 6.42 Å². The first-order valence-corrected chi connectivity index (χ1v) is 12.0. The first-order valence-electron chi connectivity index (χ1n) is 10.5. The molecule has 0 amide bonds. The van der Waals surface area contributed by atoms with Crippen molar-refractivity contribution in [1.82, 2.24) is 20.2 Å². The number of pyridine rings is 1. The van der Waals surface area contributed by atoms with Gasteiger partial charge in [-0.1, -0.05) is 29.3 Å². The molecule has 0 aliphatic heterocycles. The lowest BCUT2D eigenvalue weighted by atomic mass is 10.1. The number of nitrogens with zero attached hydrogens (tertiary/aromatic N) is 5. The van der Waals surface area contributed by atoms with Crippen LogP contribution in [-0.4, -0.2) is 20.2 Å². The summed E-state index contributed by atoms with van der Waals surface area (Å²) in [7, 11) is 0. The van der Waals surface area contributed by atoms with Gasteiger partial charge >= 0.3 is 0 Å². The monoisotopic (exact) mass is 537 g/mol. The van der Waals surface area contributed by atoms with Gasteiger partial charge in [0.1, 0.15) is 15.6 Å². The molecule has 5 aromatic rings. The maximum atomic E-state index is 15.4. The maximum absolute atomic E-state index is 15.4. The standard InChI is InChI=1S/C25H14Cl2FN5O2S/c1-13-23(36-25(31-13)16-3-2-6-30-12-16)24-33-32-20(35-24)9-15-4-5-19(27)22(21(15)28)34-18-8-14(11-29)7-17(26)10-18/h2-8,10,12H,9H2,1H3.